The van der Waals surface area contributed by atoms with Gasteiger partial charge in [0.25, 0.3) is 0 Å². The molecule has 0 aliphatic heterocycles. The number of carboxylic acids is 1. The van der Waals surface area contributed by atoms with Crippen molar-refractivity contribution in [3.63, 3.8) is 0 Å². The van der Waals surface area contributed by atoms with E-state index in [4.69, 9.17) is 5.11 Å². The first kappa shape index (κ1) is 15.9. The Bertz CT molecular complexity index is 331. The summed E-state index contributed by atoms with van der Waals surface area (Å²) in [6.45, 7) is 4.60. The van der Waals surface area contributed by atoms with Crippen molar-refractivity contribution in [1.29, 1.82) is 0 Å². The molecule has 4 nitrogen and oxygen atoms in total. The lowest BCUT2D eigenvalue weighted by atomic mass is 10.0. The molecule has 0 aliphatic carbocycles. The Hall–Kier alpha value is -1.13. The van der Waals surface area contributed by atoms with Gasteiger partial charge in [0.1, 0.15) is 6.04 Å². The molecule has 1 aromatic rings. The lowest BCUT2D eigenvalue weighted by molar-refractivity contribution is -0.140. The number of carbonyl (C=O) groups is 1. The lowest BCUT2D eigenvalue weighted by Gasteiger charge is -2.16. The Morgan fingerprint density at radius 3 is 2.47 bits per heavy atom. The zero-order valence-corrected chi connectivity index (χ0v) is 10.9. The topological polar surface area (TPSA) is 62.2 Å². The van der Waals surface area contributed by atoms with E-state index < -0.39 is 12.0 Å². The highest BCUT2D eigenvalue weighted by atomic mass is 35.5. The Balaban J connectivity index is 0.00000256. The van der Waals surface area contributed by atoms with Gasteiger partial charge in [-0.05, 0) is 30.0 Å². The normalized spacial score (nSPS) is 11.9. The fraction of sp³-hybridized carbons (Fsp3) is 0.500. The van der Waals surface area contributed by atoms with Crippen molar-refractivity contribution < 1.29 is 9.90 Å². The molecule has 0 aliphatic rings. The van der Waals surface area contributed by atoms with Crippen molar-refractivity contribution >= 4 is 18.4 Å². The van der Waals surface area contributed by atoms with E-state index in [-0.39, 0.29) is 12.4 Å². The van der Waals surface area contributed by atoms with E-state index in [1.165, 1.54) is 0 Å². The predicted molar refractivity (Wildman–Crippen MR) is 69.2 cm³/mol. The molecule has 5 heteroatoms. The number of hydrogen-bond acceptors (Lipinski definition) is 3. The third-order valence-corrected chi connectivity index (χ3v) is 2.31. The van der Waals surface area contributed by atoms with Crippen LogP contribution in [0.15, 0.2) is 24.5 Å². The minimum Gasteiger partial charge on any atom is -0.480 e. The number of nitrogens with zero attached hydrogens (tertiary/aromatic N) is 1. The van der Waals surface area contributed by atoms with Gasteiger partial charge in [0.2, 0.25) is 0 Å². The first-order valence-corrected chi connectivity index (χ1v) is 5.44. The van der Waals surface area contributed by atoms with Gasteiger partial charge in [0, 0.05) is 18.9 Å². The van der Waals surface area contributed by atoms with Crippen LogP contribution in [0.3, 0.4) is 0 Å². The third kappa shape index (κ3) is 6.24. The highest BCUT2D eigenvalue weighted by Gasteiger charge is 2.17. The molecule has 0 radical (unpaired) electrons. The number of nitrogens with one attached hydrogen (secondary N) is 1. The second kappa shape index (κ2) is 8.03. The van der Waals surface area contributed by atoms with Gasteiger partial charge in [0.15, 0.2) is 0 Å². The molecule has 1 rings (SSSR count). The quantitative estimate of drug-likeness (QED) is 0.820. The fourth-order valence-corrected chi connectivity index (χ4v) is 1.48. The van der Waals surface area contributed by atoms with Crippen molar-refractivity contribution in [3.8, 4) is 0 Å². The number of aromatic nitrogens is 1. The Morgan fingerprint density at radius 1 is 1.41 bits per heavy atom. The first-order chi connectivity index (χ1) is 7.59. The summed E-state index contributed by atoms with van der Waals surface area (Å²) in [5.74, 6) is -0.422. The van der Waals surface area contributed by atoms with E-state index in [1.807, 2.05) is 26.0 Å². The summed E-state index contributed by atoms with van der Waals surface area (Å²) in [5.41, 5.74) is 1.05. The summed E-state index contributed by atoms with van der Waals surface area (Å²) in [7, 11) is 0. The maximum atomic E-state index is 11.0. The summed E-state index contributed by atoms with van der Waals surface area (Å²) < 4.78 is 0. The smallest absolute Gasteiger partial charge is 0.320 e. The molecule has 0 aromatic carbocycles. The van der Waals surface area contributed by atoms with E-state index in [9.17, 15) is 4.79 Å². The molecule has 2 N–H and O–H groups in total. The Morgan fingerprint density at radius 2 is 2.00 bits per heavy atom. The molecule has 1 aromatic heterocycles. The number of halogens is 1. The number of hydrogen-bond donors (Lipinski definition) is 2. The van der Waals surface area contributed by atoms with Gasteiger partial charge < -0.3 is 10.4 Å². The van der Waals surface area contributed by atoms with E-state index in [0.717, 1.165) is 5.56 Å². The number of carboxylic acid groups (broad SMARTS) is 1. The van der Waals surface area contributed by atoms with Crippen LogP contribution in [-0.4, -0.2) is 22.1 Å². The minimum absolute atomic E-state index is 0. The van der Waals surface area contributed by atoms with E-state index in [1.54, 1.807) is 12.4 Å². The van der Waals surface area contributed by atoms with Gasteiger partial charge in [-0.25, -0.2) is 0 Å². The molecule has 0 saturated heterocycles. The van der Waals surface area contributed by atoms with Crippen LogP contribution in [0.25, 0.3) is 0 Å². The molecule has 1 unspecified atom stereocenters. The molecule has 0 saturated carbocycles. The molecule has 0 bridgehead atoms. The highest BCUT2D eigenvalue weighted by Crippen LogP contribution is 2.06. The Labute approximate surface area is 108 Å². The molecular formula is C12H19ClN2O2. The summed E-state index contributed by atoms with van der Waals surface area (Å²) in [4.78, 5) is 14.9. The first-order valence-electron chi connectivity index (χ1n) is 5.44. The van der Waals surface area contributed by atoms with Crippen LogP contribution in [0.5, 0.6) is 0 Å². The van der Waals surface area contributed by atoms with Crippen LogP contribution >= 0.6 is 12.4 Å². The SMILES string of the molecule is CC(C)CC(NCc1ccncc1)C(=O)O.Cl. The number of pyridine rings is 1. The zero-order chi connectivity index (χ0) is 12.0. The lowest BCUT2D eigenvalue weighted by Crippen LogP contribution is -2.37. The molecule has 96 valence electrons. The second-order valence-corrected chi connectivity index (χ2v) is 4.26. The van der Waals surface area contributed by atoms with Crippen LogP contribution in [-0.2, 0) is 11.3 Å². The monoisotopic (exact) mass is 258 g/mol. The molecule has 0 fully saturated rings. The molecule has 17 heavy (non-hydrogen) atoms. The Kier molecular flexibility index (Phi) is 7.50. The zero-order valence-electron chi connectivity index (χ0n) is 10.1. The largest absolute Gasteiger partial charge is 0.480 e. The van der Waals surface area contributed by atoms with Gasteiger partial charge >= 0.3 is 5.97 Å². The molecule has 0 spiro atoms. The van der Waals surface area contributed by atoms with Crippen molar-refractivity contribution in [3.05, 3.63) is 30.1 Å². The average molecular weight is 259 g/mol. The van der Waals surface area contributed by atoms with Gasteiger partial charge in [-0.3, -0.25) is 9.78 Å². The predicted octanol–water partition coefficient (Wildman–Crippen LogP) is 2.09. The van der Waals surface area contributed by atoms with Gasteiger partial charge in [0.05, 0.1) is 0 Å². The third-order valence-electron chi connectivity index (χ3n) is 2.31. The molecule has 1 atom stereocenters. The van der Waals surface area contributed by atoms with Crippen molar-refractivity contribution in [2.24, 2.45) is 5.92 Å². The molecular weight excluding hydrogens is 240 g/mol. The fourth-order valence-electron chi connectivity index (χ4n) is 1.48. The maximum absolute atomic E-state index is 11.0. The summed E-state index contributed by atoms with van der Waals surface area (Å²) in [5, 5.41) is 12.1. The van der Waals surface area contributed by atoms with Crippen LogP contribution in [0.1, 0.15) is 25.8 Å². The maximum Gasteiger partial charge on any atom is 0.320 e. The van der Waals surface area contributed by atoms with Crippen molar-refractivity contribution in [2.45, 2.75) is 32.9 Å². The molecule has 1 heterocycles. The number of aliphatic carboxylic acids is 1. The van der Waals surface area contributed by atoms with Crippen molar-refractivity contribution in [1.82, 2.24) is 10.3 Å². The van der Waals surface area contributed by atoms with Crippen molar-refractivity contribution in [2.75, 3.05) is 0 Å². The van der Waals surface area contributed by atoms with Gasteiger partial charge in [-0.15, -0.1) is 12.4 Å². The summed E-state index contributed by atoms with van der Waals surface area (Å²) in [6.07, 6.45) is 4.05. The summed E-state index contributed by atoms with van der Waals surface area (Å²) >= 11 is 0. The highest BCUT2D eigenvalue weighted by molar-refractivity contribution is 5.85. The number of rotatable bonds is 6. The van der Waals surface area contributed by atoms with Gasteiger partial charge in [-0.1, -0.05) is 13.8 Å². The van der Waals surface area contributed by atoms with E-state index in [2.05, 4.69) is 10.3 Å². The second-order valence-electron chi connectivity index (χ2n) is 4.26. The van der Waals surface area contributed by atoms with Gasteiger partial charge in [-0.2, -0.15) is 0 Å². The van der Waals surface area contributed by atoms with Crippen LogP contribution in [0.4, 0.5) is 0 Å². The van der Waals surface area contributed by atoms with Crippen LogP contribution in [0, 0.1) is 5.92 Å². The van der Waals surface area contributed by atoms with Crippen LogP contribution < -0.4 is 5.32 Å². The summed E-state index contributed by atoms with van der Waals surface area (Å²) in [6, 6.07) is 3.27. The minimum atomic E-state index is -0.789. The van der Waals surface area contributed by atoms with E-state index >= 15 is 0 Å². The standard InChI is InChI=1S/C12H18N2O2.ClH/c1-9(2)7-11(12(15)16)14-8-10-3-5-13-6-4-10;/h3-6,9,11,14H,7-8H2,1-2H3,(H,15,16);1H. The molecule has 0 amide bonds. The van der Waals surface area contributed by atoms with E-state index in [0.29, 0.717) is 18.9 Å². The average Bonchev–Trinajstić information content (AvgIpc) is 2.25. The van der Waals surface area contributed by atoms with Crippen LogP contribution in [0.2, 0.25) is 0 Å².